The molecule has 1 aliphatic heterocycles. The SMILES string of the molecule is COc1ccccc1C(C)N(C)C(=O)Cc1ccc(OC)c(S(=O)(=O)N2CCOCC2)c1. The molecule has 0 N–H and O–H groups in total. The van der Waals surface area contributed by atoms with Crippen LogP contribution < -0.4 is 9.47 Å². The maximum atomic E-state index is 13.2. The number of carbonyl (C=O) groups excluding carboxylic acids is 1. The summed E-state index contributed by atoms with van der Waals surface area (Å²) in [6, 6.07) is 12.2. The van der Waals surface area contributed by atoms with Crippen LogP contribution in [0.15, 0.2) is 47.4 Å². The van der Waals surface area contributed by atoms with Gasteiger partial charge in [0.2, 0.25) is 15.9 Å². The lowest BCUT2D eigenvalue weighted by atomic mass is 10.0. The predicted octanol–water partition coefficient (Wildman–Crippen LogP) is 2.49. The number of morpholine rings is 1. The number of rotatable bonds is 8. The quantitative estimate of drug-likeness (QED) is 0.599. The van der Waals surface area contributed by atoms with E-state index in [1.165, 1.54) is 17.5 Å². The van der Waals surface area contributed by atoms with Gasteiger partial charge in [0.1, 0.15) is 16.4 Å². The third-order valence-corrected chi connectivity index (χ3v) is 7.65. The lowest BCUT2D eigenvalue weighted by molar-refractivity contribution is -0.131. The van der Waals surface area contributed by atoms with E-state index in [1.807, 2.05) is 31.2 Å². The van der Waals surface area contributed by atoms with Gasteiger partial charge in [-0.3, -0.25) is 4.79 Å². The molecule has 174 valence electrons. The molecule has 0 saturated carbocycles. The standard InChI is InChI=1S/C23H30N2O6S/c1-17(19-7-5-6-8-20(19)29-3)24(2)23(26)16-18-9-10-21(30-4)22(15-18)32(27,28)25-11-13-31-14-12-25/h5-10,15,17H,11-14,16H2,1-4H3. The number of hydrogen-bond acceptors (Lipinski definition) is 6. The number of methoxy groups -OCH3 is 2. The molecular weight excluding hydrogens is 432 g/mol. The molecule has 1 fully saturated rings. The molecule has 2 aromatic rings. The van der Waals surface area contributed by atoms with Crippen LogP contribution in [-0.2, 0) is 26.0 Å². The highest BCUT2D eigenvalue weighted by Gasteiger charge is 2.30. The third kappa shape index (κ3) is 5.06. The van der Waals surface area contributed by atoms with E-state index in [2.05, 4.69) is 0 Å². The highest BCUT2D eigenvalue weighted by molar-refractivity contribution is 7.89. The second-order valence-corrected chi connectivity index (χ2v) is 9.51. The second kappa shape index (κ2) is 10.3. The van der Waals surface area contributed by atoms with E-state index in [4.69, 9.17) is 14.2 Å². The lowest BCUT2D eigenvalue weighted by Gasteiger charge is -2.28. The largest absolute Gasteiger partial charge is 0.496 e. The van der Waals surface area contributed by atoms with Crippen LogP contribution in [-0.4, -0.2) is 71.1 Å². The summed E-state index contributed by atoms with van der Waals surface area (Å²) >= 11 is 0. The van der Waals surface area contributed by atoms with Gasteiger partial charge in [-0.05, 0) is 30.7 Å². The molecule has 1 unspecified atom stereocenters. The Kier molecular flexibility index (Phi) is 7.76. The van der Waals surface area contributed by atoms with Crippen molar-refractivity contribution in [2.75, 3.05) is 47.6 Å². The van der Waals surface area contributed by atoms with E-state index in [0.29, 0.717) is 24.5 Å². The zero-order valence-electron chi connectivity index (χ0n) is 18.9. The molecule has 0 radical (unpaired) electrons. The van der Waals surface area contributed by atoms with Gasteiger partial charge < -0.3 is 19.1 Å². The van der Waals surface area contributed by atoms with Crippen LogP contribution >= 0.6 is 0 Å². The van der Waals surface area contributed by atoms with E-state index < -0.39 is 10.0 Å². The van der Waals surface area contributed by atoms with E-state index in [9.17, 15) is 13.2 Å². The van der Waals surface area contributed by atoms with E-state index in [-0.39, 0.29) is 42.1 Å². The van der Waals surface area contributed by atoms with Crippen LogP contribution in [0.4, 0.5) is 0 Å². The minimum absolute atomic E-state index is 0.0611. The summed E-state index contributed by atoms with van der Waals surface area (Å²) in [5.41, 5.74) is 1.50. The van der Waals surface area contributed by atoms with Crippen molar-refractivity contribution >= 4 is 15.9 Å². The van der Waals surface area contributed by atoms with Crippen LogP contribution in [0.5, 0.6) is 11.5 Å². The maximum Gasteiger partial charge on any atom is 0.246 e. The normalized spacial score (nSPS) is 15.8. The predicted molar refractivity (Wildman–Crippen MR) is 120 cm³/mol. The third-order valence-electron chi connectivity index (χ3n) is 5.73. The highest BCUT2D eigenvalue weighted by Crippen LogP contribution is 2.30. The summed E-state index contributed by atoms with van der Waals surface area (Å²) < 4.78 is 43.7. The first-order valence-electron chi connectivity index (χ1n) is 10.4. The van der Waals surface area contributed by atoms with E-state index >= 15 is 0 Å². The zero-order chi connectivity index (χ0) is 23.3. The minimum atomic E-state index is -3.76. The first-order chi connectivity index (χ1) is 15.3. The number of hydrogen-bond donors (Lipinski definition) is 0. The molecule has 1 aliphatic rings. The smallest absolute Gasteiger partial charge is 0.246 e. The molecule has 1 atom stereocenters. The van der Waals surface area contributed by atoms with Crippen LogP contribution in [0.2, 0.25) is 0 Å². The Labute approximate surface area is 189 Å². The summed E-state index contributed by atoms with van der Waals surface area (Å²) in [6.45, 7) is 3.20. The number of nitrogens with zero attached hydrogens (tertiary/aromatic N) is 2. The molecule has 0 aliphatic carbocycles. The number of ether oxygens (including phenoxy) is 3. The fourth-order valence-electron chi connectivity index (χ4n) is 3.69. The Hall–Kier alpha value is -2.62. The molecule has 1 heterocycles. The minimum Gasteiger partial charge on any atom is -0.496 e. The van der Waals surface area contributed by atoms with Gasteiger partial charge in [0.15, 0.2) is 0 Å². The molecule has 8 nitrogen and oxygen atoms in total. The van der Waals surface area contributed by atoms with E-state index in [1.54, 1.807) is 31.2 Å². The van der Waals surface area contributed by atoms with Crippen LogP contribution in [0.25, 0.3) is 0 Å². The molecule has 32 heavy (non-hydrogen) atoms. The zero-order valence-corrected chi connectivity index (χ0v) is 19.7. The van der Waals surface area contributed by atoms with Gasteiger partial charge in [0, 0.05) is 25.7 Å². The Morgan fingerprint density at radius 3 is 2.41 bits per heavy atom. The van der Waals surface area contributed by atoms with Gasteiger partial charge in [0.05, 0.1) is 39.9 Å². The molecule has 1 saturated heterocycles. The molecule has 9 heteroatoms. The summed E-state index contributed by atoms with van der Waals surface area (Å²) in [4.78, 5) is 14.7. The first kappa shape index (κ1) is 24.0. The number of sulfonamides is 1. The summed E-state index contributed by atoms with van der Waals surface area (Å²) in [6.07, 6.45) is 0.0611. The molecule has 0 spiro atoms. The van der Waals surface area contributed by atoms with Crippen molar-refractivity contribution in [3.8, 4) is 11.5 Å². The Morgan fingerprint density at radius 1 is 1.09 bits per heavy atom. The molecule has 3 rings (SSSR count). The molecule has 2 aromatic carbocycles. The maximum absolute atomic E-state index is 13.2. The van der Waals surface area contributed by atoms with Gasteiger partial charge in [-0.15, -0.1) is 0 Å². The molecule has 0 bridgehead atoms. The average molecular weight is 463 g/mol. The van der Waals surface area contributed by atoms with Crippen molar-refractivity contribution in [3.63, 3.8) is 0 Å². The van der Waals surface area contributed by atoms with Crippen molar-refractivity contribution in [2.24, 2.45) is 0 Å². The van der Waals surface area contributed by atoms with Gasteiger partial charge in [-0.2, -0.15) is 4.31 Å². The Morgan fingerprint density at radius 2 is 1.75 bits per heavy atom. The number of benzene rings is 2. The van der Waals surface area contributed by atoms with Crippen molar-refractivity contribution in [3.05, 3.63) is 53.6 Å². The van der Waals surface area contributed by atoms with Gasteiger partial charge in [-0.25, -0.2) is 8.42 Å². The van der Waals surface area contributed by atoms with Gasteiger partial charge in [0.25, 0.3) is 0 Å². The highest BCUT2D eigenvalue weighted by atomic mass is 32.2. The number of carbonyl (C=O) groups is 1. The Balaban J connectivity index is 1.82. The number of likely N-dealkylation sites (N-methyl/N-ethyl adjacent to an activating group) is 1. The topological polar surface area (TPSA) is 85.4 Å². The van der Waals surface area contributed by atoms with Crippen LogP contribution in [0, 0.1) is 0 Å². The molecular formula is C23H30N2O6S. The van der Waals surface area contributed by atoms with Crippen LogP contribution in [0.1, 0.15) is 24.1 Å². The monoisotopic (exact) mass is 462 g/mol. The lowest BCUT2D eigenvalue weighted by Crippen LogP contribution is -2.40. The summed E-state index contributed by atoms with van der Waals surface area (Å²) in [5.74, 6) is 0.828. The van der Waals surface area contributed by atoms with Crippen LogP contribution in [0.3, 0.4) is 0 Å². The fourth-order valence-corrected chi connectivity index (χ4v) is 5.31. The fraction of sp³-hybridized carbons (Fsp3) is 0.435. The van der Waals surface area contributed by atoms with Crippen molar-refractivity contribution in [2.45, 2.75) is 24.3 Å². The molecule has 1 amide bonds. The number of amides is 1. The number of para-hydroxylation sites is 1. The first-order valence-corrected chi connectivity index (χ1v) is 11.9. The average Bonchev–Trinajstić information content (AvgIpc) is 2.83. The molecule has 0 aromatic heterocycles. The van der Waals surface area contributed by atoms with Crippen molar-refractivity contribution in [1.29, 1.82) is 0 Å². The summed E-state index contributed by atoms with van der Waals surface area (Å²) in [5, 5.41) is 0. The van der Waals surface area contributed by atoms with E-state index in [0.717, 1.165) is 5.56 Å². The van der Waals surface area contributed by atoms with Crippen molar-refractivity contribution < 1.29 is 27.4 Å². The van der Waals surface area contributed by atoms with Crippen molar-refractivity contribution in [1.82, 2.24) is 9.21 Å². The Bertz CT molecular complexity index is 1050. The van der Waals surface area contributed by atoms with Gasteiger partial charge >= 0.3 is 0 Å². The summed E-state index contributed by atoms with van der Waals surface area (Å²) in [7, 11) is 0.996. The van der Waals surface area contributed by atoms with Gasteiger partial charge in [-0.1, -0.05) is 24.3 Å². The second-order valence-electron chi connectivity index (χ2n) is 7.60.